The molecule has 0 bridgehead atoms. The highest BCUT2D eigenvalue weighted by Gasteiger charge is 2.37. The van der Waals surface area contributed by atoms with E-state index in [1.807, 2.05) is 6.92 Å². The van der Waals surface area contributed by atoms with Gasteiger partial charge in [-0.15, -0.1) is 0 Å². The van der Waals surface area contributed by atoms with Crippen LogP contribution in [0.4, 0.5) is 13.2 Å². The Morgan fingerprint density at radius 2 is 2.16 bits per heavy atom. The molecule has 0 spiro atoms. The molecule has 1 aliphatic rings. The molecule has 0 radical (unpaired) electrons. The van der Waals surface area contributed by atoms with Crippen LogP contribution in [-0.4, -0.2) is 38.8 Å². The van der Waals surface area contributed by atoms with Gasteiger partial charge in [0.25, 0.3) is 0 Å². The molecule has 1 fully saturated rings. The van der Waals surface area contributed by atoms with Gasteiger partial charge in [-0.25, -0.2) is 0 Å². The number of β-amino-alcohol motifs (C(OH)–C–C–N with tert-alkyl or cyclic N) is 1. The summed E-state index contributed by atoms with van der Waals surface area (Å²) in [6.45, 7) is 1.91. The van der Waals surface area contributed by atoms with E-state index >= 15 is 0 Å². The molecule has 2 heterocycles. The van der Waals surface area contributed by atoms with E-state index in [1.165, 1.54) is 11.0 Å². The molecule has 1 amide bonds. The van der Waals surface area contributed by atoms with Crippen molar-refractivity contribution >= 4 is 5.91 Å². The summed E-state index contributed by atoms with van der Waals surface area (Å²) in [6.07, 6.45) is -4.96. The summed E-state index contributed by atoms with van der Waals surface area (Å²) in [4.78, 5) is 14.0. The number of H-pyrrole nitrogens is 1. The minimum absolute atomic E-state index is 0.0342. The lowest BCUT2D eigenvalue weighted by Crippen LogP contribution is -2.33. The Hall–Kier alpha value is -2.35. The monoisotopic (exact) mass is 353 g/mol. The van der Waals surface area contributed by atoms with Gasteiger partial charge in [-0.3, -0.25) is 9.89 Å². The quantitative estimate of drug-likeness (QED) is 0.891. The van der Waals surface area contributed by atoms with Crippen LogP contribution in [0.2, 0.25) is 0 Å². The Morgan fingerprint density at radius 3 is 2.80 bits per heavy atom. The van der Waals surface area contributed by atoms with Crippen LogP contribution >= 0.6 is 0 Å². The molecule has 1 aliphatic heterocycles. The summed E-state index contributed by atoms with van der Waals surface area (Å²) < 4.78 is 38.8. The number of rotatable bonds is 3. The first kappa shape index (κ1) is 17.5. The smallest absolute Gasteiger partial charge is 0.391 e. The van der Waals surface area contributed by atoms with Crippen LogP contribution in [0.15, 0.2) is 30.3 Å². The van der Waals surface area contributed by atoms with Crippen LogP contribution in [0.3, 0.4) is 0 Å². The Labute approximate surface area is 142 Å². The van der Waals surface area contributed by atoms with Crippen molar-refractivity contribution < 1.29 is 23.1 Å². The molecule has 2 atom stereocenters. The van der Waals surface area contributed by atoms with Crippen molar-refractivity contribution in [2.75, 3.05) is 6.54 Å². The molecule has 2 N–H and O–H groups in total. The molecular formula is C17H18F3N3O2. The number of nitrogens with one attached hydrogen (secondary N) is 1. The number of hydrogen-bond acceptors (Lipinski definition) is 3. The number of amides is 1. The van der Waals surface area contributed by atoms with Crippen molar-refractivity contribution in [1.82, 2.24) is 15.1 Å². The third-order valence-electron chi connectivity index (χ3n) is 4.29. The summed E-state index contributed by atoms with van der Waals surface area (Å²) >= 11 is 0. The maximum Gasteiger partial charge on any atom is 0.416 e. The van der Waals surface area contributed by atoms with E-state index in [9.17, 15) is 23.1 Å². The maximum atomic E-state index is 12.9. The maximum absolute atomic E-state index is 12.9. The number of carbonyl (C=O) groups is 1. The van der Waals surface area contributed by atoms with Gasteiger partial charge in [-0.05, 0) is 37.1 Å². The summed E-state index contributed by atoms with van der Waals surface area (Å²) in [5.41, 5.74) is 0.991. The molecule has 0 unspecified atom stereocenters. The Kier molecular flexibility index (Phi) is 4.55. The summed E-state index contributed by atoms with van der Waals surface area (Å²) in [6, 6.07) is 6.07. The van der Waals surface area contributed by atoms with E-state index < -0.39 is 23.9 Å². The molecule has 1 saturated heterocycles. The predicted octanol–water partition coefficient (Wildman–Crippen LogP) is 2.61. The number of halogens is 3. The fourth-order valence-corrected chi connectivity index (χ4v) is 3.15. The second-order valence-corrected chi connectivity index (χ2v) is 6.29. The molecule has 1 aromatic heterocycles. The lowest BCUT2D eigenvalue weighted by Gasteiger charge is -2.25. The zero-order valence-corrected chi connectivity index (χ0v) is 13.5. The number of aryl methyl sites for hydroxylation is 1. The molecule has 0 saturated carbocycles. The topological polar surface area (TPSA) is 69.2 Å². The largest absolute Gasteiger partial charge is 0.416 e. The molecule has 3 rings (SSSR count). The molecule has 5 nitrogen and oxygen atoms in total. The lowest BCUT2D eigenvalue weighted by molar-refractivity contribution is -0.137. The number of alkyl halides is 3. The van der Waals surface area contributed by atoms with Crippen LogP contribution in [0, 0.1) is 6.92 Å². The van der Waals surface area contributed by atoms with Crippen LogP contribution in [-0.2, 0) is 17.4 Å². The average Bonchev–Trinajstić information content (AvgIpc) is 3.12. The van der Waals surface area contributed by atoms with Gasteiger partial charge in [-0.1, -0.05) is 12.1 Å². The molecule has 0 aliphatic carbocycles. The number of aliphatic hydroxyl groups excluding tert-OH is 1. The van der Waals surface area contributed by atoms with E-state index in [0.29, 0.717) is 11.3 Å². The number of likely N-dealkylation sites (tertiary alicyclic amines) is 1. The fourth-order valence-electron chi connectivity index (χ4n) is 3.15. The highest BCUT2D eigenvalue weighted by Crippen LogP contribution is 2.36. The van der Waals surface area contributed by atoms with Crippen LogP contribution < -0.4 is 0 Å². The predicted molar refractivity (Wildman–Crippen MR) is 83.6 cm³/mol. The number of aromatic nitrogens is 2. The lowest BCUT2D eigenvalue weighted by atomic mass is 10.0. The van der Waals surface area contributed by atoms with Crippen molar-refractivity contribution in [1.29, 1.82) is 0 Å². The number of aliphatic hydroxyl groups is 1. The van der Waals surface area contributed by atoms with Crippen molar-refractivity contribution in [2.24, 2.45) is 0 Å². The van der Waals surface area contributed by atoms with Gasteiger partial charge in [-0.2, -0.15) is 18.3 Å². The summed E-state index contributed by atoms with van der Waals surface area (Å²) in [7, 11) is 0. The summed E-state index contributed by atoms with van der Waals surface area (Å²) in [5.74, 6) is -0.273. The summed E-state index contributed by atoms with van der Waals surface area (Å²) in [5, 5.41) is 16.7. The van der Waals surface area contributed by atoms with Gasteiger partial charge >= 0.3 is 6.18 Å². The van der Waals surface area contributed by atoms with Crippen molar-refractivity contribution in [3.05, 3.63) is 52.8 Å². The molecule has 8 heteroatoms. The van der Waals surface area contributed by atoms with Crippen LogP contribution in [0.25, 0.3) is 0 Å². The van der Waals surface area contributed by atoms with Crippen molar-refractivity contribution in [3.8, 4) is 0 Å². The van der Waals surface area contributed by atoms with E-state index in [1.54, 1.807) is 12.1 Å². The number of aromatic amines is 1. The minimum atomic E-state index is -4.45. The Morgan fingerprint density at radius 1 is 1.40 bits per heavy atom. The number of nitrogens with zero attached hydrogens (tertiary/aromatic N) is 2. The second-order valence-electron chi connectivity index (χ2n) is 6.29. The number of carbonyl (C=O) groups excluding carboxylic acids is 1. The first-order valence-corrected chi connectivity index (χ1v) is 7.89. The minimum Gasteiger partial charge on any atom is -0.391 e. The van der Waals surface area contributed by atoms with E-state index in [0.717, 1.165) is 17.8 Å². The van der Waals surface area contributed by atoms with Gasteiger partial charge in [0, 0.05) is 12.2 Å². The van der Waals surface area contributed by atoms with E-state index in [2.05, 4.69) is 10.2 Å². The van der Waals surface area contributed by atoms with E-state index in [4.69, 9.17) is 0 Å². The third-order valence-corrected chi connectivity index (χ3v) is 4.29. The average molecular weight is 353 g/mol. The van der Waals surface area contributed by atoms with Gasteiger partial charge in [0.05, 0.1) is 29.8 Å². The van der Waals surface area contributed by atoms with Crippen LogP contribution in [0.5, 0.6) is 0 Å². The standard InChI is InChI=1S/C17H18F3N3O2/c1-10-5-13(22-21-10)7-16(25)23-9-14(24)8-15(23)11-3-2-4-12(6-11)17(18,19)20/h2-6,14-15,24H,7-9H2,1H3,(H,21,22)/t14-,15-/m1/s1. The highest BCUT2D eigenvalue weighted by atomic mass is 19.4. The molecular weight excluding hydrogens is 335 g/mol. The molecule has 2 aromatic rings. The van der Waals surface area contributed by atoms with Gasteiger partial charge in [0.2, 0.25) is 5.91 Å². The number of benzene rings is 1. The Balaban J connectivity index is 1.83. The fraction of sp³-hybridized carbons (Fsp3) is 0.412. The van der Waals surface area contributed by atoms with Gasteiger partial charge in [0.15, 0.2) is 0 Å². The zero-order valence-electron chi connectivity index (χ0n) is 13.5. The molecule has 25 heavy (non-hydrogen) atoms. The van der Waals surface area contributed by atoms with Gasteiger partial charge in [0.1, 0.15) is 0 Å². The van der Waals surface area contributed by atoms with Crippen molar-refractivity contribution in [2.45, 2.75) is 38.1 Å². The number of hydrogen-bond donors (Lipinski definition) is 2. The highest BCUT2D eigenvalue weighted by molar-refractivity contribution is 5.79. The Bertz CT molecular complexity index is 772. The second kappa shape index (κ2) is 6.51. The molecule has 1 aromatic carbocycles. The normalized spacial score (nSPS) is 20.9. The van der Waals surface area contributed by atoms with Crippen LogP contribution in [0.1, 0.15) is 35.0 Å². The third kappa shape index (κ3) is 3.84. The van der Waals surface area contributed by atoms with Gasteiger partial charge < -0.3 is 10.0 Å². The first-order chi connectivity index (χ1) is 11.7. The van der Waals surface area contributed by atoms with E-state index in [-0.39, 0.29) is 25.3 Å². The molecule has 134 valence electrons. The zero-order chi connectivity index (χ0) is 18.2. The first-order valence-electron chi connectivity index (χ1n) is 7.89. The van der Waals surface area contributed by atoms with Crippen molar-refractivity contribution in [3.63, 3.8) is 0 Å². The SMILES string of the molecule is Cc1cc(CC(=O)N2C[C@H](O)C[C@@H]2c2cccc(C(F)(F)F)c2)n[nH]1.